The number of aromatic nitrogens is 2. The van der Waals surface area contributed by atoms with E-state index in [9.17, 15) is 0 Å². The lowest BCUT2D eigenvalue weighted by Gasteiger charge is -2.23. The average molecular weight is 269 g/mol. The fraction of sp³-hybridized carbons (Fsp3) is 0.438. The quantitative estimate of drug-likeness (QED) is 0.928. The molecule has 0 saturated carbocycles. The van der Waals surface area contributed by atoms with Gasteiger partial charge in [-0.1, -0.05) is 24.3 Å². The molecule has 4 heteroatoms. The van der Waals surface area contributed by atoms with Crippen LogP contribution in [-0.4, -0.2) is 22.7 Å². The van der Waals surface area contributed by atoms with Crippen molar-refractivity contribution >= 4 is 0 Å². The molecule has 20 heavy (non-hydrogen) atoms. The normalized spacial score (nSPS) is 27.6. The van der Waals surface area contributed by atoms with Gasteiger partial charge in [0, 0.05) is 32.1 Å². The summed E-state index contributed by atoms with van der Waals surface area (Å²) in [6.07, 6.45) is 6.25. The van der Waals surface area contributed by atoms with Crippen molar-refractivity contribution in [2.45, 2.75) is 37.6 Å². The zero-order chi connectivity index (χ0) is 13.5. The number of fused-ring (bicyclic) bond motifs is 2. The maximum absolute atomic E-state index is 5.74. The van der Waals surface area contributed by atoms with E-state index in [1.54, 1.807) is 7.11 Å². The predicted octanol–water partition coefficient (Wildman–Crippen LogP) is 2.23. The lowest BCUT2D eigenvalue weighted by atomic mass is 10.1. The van der Waals surface area contributed by atoms with E-state index in [1.165, 1.54) is 11.1 Å². The zero-order valence-corrected chi connectivity index (χ0v) is 11.6. The first-order valence-electron chi connectivity index (χ1n) is 7.24. The molecule has 1 N–H and O–H groups in total. The number of benzene rings is 1. The molecule has 4 rings (SSSR count). The molecular formula is C16H19N3O. The maximum atomic E-state index is 5.74. The first-order valence-corrected chi connectivity index (χ1v) is 7.24. The molecule has 0 fully saturated rings. The van der Waals surface area contributed by atoms with E-state index < -0.39 is 0 Å². The van der Waals surface area contributed by atoms with E-state index in [1.807, 2.05) is 6.20 Å². The molecule has 2 aliphatic rings. The van der Waals surface area contributed by atoms with Crippen molar-refractivity contribution in [3.05, 3.63) is 53.6 Å². The molecule has 1 aromatic heterocycles. The number of ether oxygens (including phenoxy) is 1. The Balaban J connectivity index is 1.56. The van der Waals surface area contributed by atoms with Crippen LogP contribution in [0.3, 0.4) is 0 Å². The summed E-state index contributed by atoms with van der Waals surface area (Å²) in [5.74, 6) is 1.16. The van der Waals surface area contributed by atoms with Crippen molar-refractivity contribution in [2.24, 2.45) is 0 Å². The predicted molar refractivity (Wildman–Crippen MR) is 76.4 cm³/mol. The van der Waals surface area contributed by atoms with E-state index in [4.69, 9.17) is 4.74 Å². The smallest absolute Gasteiger partial charge is 0.125 e. The second-order valence-electron chi connectivity index (χ2n) is 5.65. The van der Waals surface area contributed by atoms with Crippen LogP contribution in [-0.2, 0) is 17.7 Å². The molecule has 1 aromatic carbocycles. The molecule has 2 aromatic rings. The molecule has 0 amide bonds. The van der Waals surface area contributed by atoms with Gasteiger partial charge in [-0.25, -0.2) is 4.98 Å². The lowest BCUT2D eigenvalue weighted by molar-refractivity contribution is 0.0738. The van der Waals surface area contributed by atoms with Gasteiger partial charge >= 0.3 is 0 Å². The van der Waals surface area contributed by atoms with Gasteiger partial charge in [0.25, 0.3) is 0 Å². The highest BCUT2D eigenvalue weighted by Crippen LogP contribution is 2.36. The van der Waals surface area contributed by atoms with Gasteiger partial charge in [-0.05, 0) is 24.0 Å². The zero-order valence-electron chi connectivity index (χ0n) is 11.6. The second kappa shape index (κ2) is 4.72. The van der Waals surface area contributed by atoms with Gasteiger partial charge in [-0.3, -0.25) is 0 Å². The van der Waals surface area contributed by atoms with E-state index in [0.29, 0.717) is 12.1 Å². The van der Waals surface area contributed by atoms with Crippen LogP contribution in [0.25, 0.3) is 0 Å². The Hall–Kier alpha value is -1.65. The van der Waals surface area contributed by atoms with Crippen molar-refractivity contribution in [1.29, 1.82) is 0 Å². The average Bonchev–Trinajstić information content (AvgIpc) is 3.14. The minimum Gasteiger partial charge on any atom is -0.375 e. The van der Waals surface area contributed by atoms with Crippen molar-refractivity contribution in [3.63, 3.8) is 0 Å². The van der Waals surface area contributed by atoms with Crippen LogP contribution < -0.4 is 5.32 Å². The Bertz CT molecular complexity index is 622. The summed E-state index contributed by atoms with van der Waals surface area (Å²) < 4.78 is 7.98. The standard InChI is InChI=1S/C16H19N3O/c1-20-15-12-5-3-2-4-11(12)10-14(15)18-13-6-8-19-9-7-17-16(13)19/h2-5,7,9,13-15,18H,6,8,10H2,1H3/t13?,14-,15+/m1/s1. The van der Waals surface area contributed by atoms with Crippen LogP contribution in [0.4, 0.5) is 0 Å². The number of aryl methyl sites for hydroxylation is 1. The third-order valence-corrected chi connectivity index (χ3v) is 4.55. The fourth-order valence-corrected chi connectivity index (χ4v) is 3.63. The number of nitrogens with one attached hydrogen (secondary N) is 1. The largest absolute Gasteiger partial charge is 0.375 e. The SMILES string of the molecule is CO[C@H]1c2ccccc2C[C@H]1NC1CCn2ccnc21. The third-order valence-electron chi connectivity index (χ3n) is 4.55. The van der Waals surface area contributed by atoms with Crippen LogP contribution in [0.5, 0.6) is 0 Å². The van der Waals surface area contributed by atoms with Gasteiger partial charge in [-0.15, -0.1) is 0 Å². The van der Waals surface area contributed by atoms with Crippen molar-refractivity contribution in [1.82, 2.24) is 14.9 Å². The monoisotopic (exact) mass is 269 g/mol. The van der Waals surface area contributed by atoms with Gasteiger partial charge in [-0.2, -0.15) is 0 Å². The van der Waals surface area contributed by atoms with Gasteiger partial charge < -0.3 is 14.6 Å². The minimum atomic E-state index is 0.148. The number of imidazole rings is 1. The van der Waals surface area contributed by atoms with Crippen LogP contribution in [0.15, 0.2) is 36.7 Å². The minimum absolute atomic E-state index is 0.148. The fourth-order valence-electron chi connectivity index (χ4n) is 3.63. The summed E-state index contributed by atoms with van der Waals surface area (Å²) in [6.45, 7) is 1.06. The second-order valence-corrected chi connectivity index (χ2v) is 5.65. The van der Waals surface area contributed by atoms with Gasteiger partial charge in [0.2, 0.25) is 0 Å². The third kappa shape index (κ3) is 1.79. The number of rotatable bonds is 3. The van der Waals surface area contributed by atoms with E-state index in [2.05, 4.69) is 45.3 Å². The number of hydrogen-bond acceptors (Lipinski definition) is 3. The highest BCUT2D eigenvalue weighted by atomic mass is 16.5. The van der Waals surface area contributed by atoms with E-state index in [-0.39, 0.29) is 6.10 Å². The number of nitrogens with zero attached hydrogens (tertiary/aromatic N) is 2. The Morgan fingerprint density at radius 3 is 3.15 bits per heavy atom. The molecule has 3 atom stereocenters. The van der Waals surface area contributed by atoms with Crippen LogP contribution in [0.2, 0.25) is 0 Å². The van der Waals surface area contributed by atoms with Crippen LogP contribution in [0.1, 0.15) is 35.5 Å². The number of hydrogen-bond donors (Lipinski definition) is 1. The van der Waals surface area contributed by atoms with E-state index in [0.717, 1.165) is 25.2 Å². The van der Waals surface area contributed by atoms with Crippen molar-refractivity contribution in [3.8, 4) is 0 Å². The Morgan fingerprint density at radius 1 is 1.35 bits per heavy atom. The molecule has 1 unspecified atom stereocenters. The molecule has 1 aliphatic heterocycles. The molecule has 0 radical (unpaired) electrons. The summed E-state index contributed by atoms with van der Waals surface area (Å²) in [7, 11) is 1.80. The van der Waals surface area contributed by atoms with Gasteiger partial charge in [0.05, 0.1) is 12.1 Å². The molecule has 2 heterocycles. The summed E-state index contributed by atoms with van der Waals surface area (Å²) in [6, 6.07) is 9.28. The van der Waals surface area contributed by atoms with Gasteiger partial charge in [0.1, 0.15) is 5.82 Å². The molecule has 0 bridgehead atoms. The van der Waals surface area contributed by atoms with E-state index >= 15 is 0 Å². The maximum Gasteiger partial charge on any atom is 0.125 e. The summed E-state index contributed by atoms with van der Waals surface area (Å²) in [4.78, 5) is 4.48. The topological polar surface area (TPSA) is 39.1 Å². The van der Waals surface area contributed by atoms with Gasteiger partial charge in [0.15, 0.2) is 0 Å². The Kier molecular flexibility index (Phi) is 2.86. The molecular weight excluding hydrogens is 250 g/mol. The first-order chi connectivity index (χ1) is 9.86. The molecule has 0 spiro atoms. The highest BCUT2D eigenvalue weighted by Gasteiger charge is 2.35. The highest BCUT2D eigenvalue weighted by molar-refractivity contribution is 5.36. The molecule has 4 nitrogen and oxygen atoms in total. The molecule has 1 aliphatic carbocycles. The van der Waals surface area contributed by atoms with Crippen LogP contribution >= 0.6 is 0 Å². The lowest BCUT2D eigenvalue weighted by Crippen LogP contribution is -2.36. The first kappa shape index (κ1) is 12.1. The molecule has 0 saturated heterocycles. The Labute approximate surface area is 118 Å². The van der Waals surface area contributed by atoms with Crippen LogP contribution in [0, 0.1) is 0 Å². The summed E-state index contributed by atoms with van der Waals surface area (Å²) >= 11 is 0. The number of methoxy groups -OCH3 is 1. The molecule has 104 valence electrons. The van der Waals surface area contributed by atoms with Crippen molar-refractivity contribution in [2.75, 3.05) is 7.11 Å². The summed E-state index contributed by atoms with van der Waals surface area (Å²) in [5, 5.41) is 3.76. The van der Waals surface area contributed by atoms with Crippen molar-refractivity contribution < 1.29 is 4.74 Å². The summed E-state index contributed by atoms with van der Waals surface area (Å²) in [5.41, 5.74) is 2.73. The Morgan fingerprint density at radius 2 is 2.25 bits per heavy atom.